The predicted molar refractivity (Wildman–Crippen MR) is 64.8 cm³/mol. The number of benzene rings is 1. The molecule has 1 aromatic carbocycles. The maximum atomic E-state index is 5.50. The fourth-order valence-corrected chi connectivity index (χ4v) is 1.20. The van der Waals surface area contributed by atoms with E-state index in [1.165, 1.54) is 5.56 Å². The number of hydrogen-bond acceptors (Lipinski definition) is 3. The van der Waals surface area contributed by atoms with E-state index < -0.39 is 0 Å². The molecule has 0 heterocycles. The van der Waals surface area contributed by atoms with Crippen LogP contribution in [0.5, 0.6) is 0 Å². The lowest BCUT2D eigenvalue weighted by atomic mass is 10.2. The van der Waals surface area contributed by atoms with Crippen LogP contribution in [-0.4, -0.2) is 13.2 Å². The van der Waals surface area contributed by atoms with Gasteiger partial charge in [-0.05, 0) is 18.4 Å². The van der Waals surface area contributed by atoms with Gasteiger partial charge >= 0.3 is 0 Å². The molecule has 0 aromatic heterocycles. The molecule has 0 unspecified atom stereocenters. The maximum absolute atomic E-state index is 5.50. The molecule has 3 nitrogen and oxygen atoms in total. The van der Waals surface area contributed by atoms with Gasteiger partial charge in [-0.2, -0.15) is 0 Å². The number of nitrogens with one attached hydrogen (secondary N) is 1. The van der Waals surface area contributed by atoms with E-state index in [0.29, 0.717) is 6.61 Å². The molecule has 86 valence electrons. The second kappa shape index (κ2) is 9.93. The van der Waals surface area contributed by atoms with E-state index in [4.69, 9.17) is 10.6 Å². The molecule has 0 aliphatic heterocycles. The van der Waals surface area contributed by atoms with Gasteiger partial charge < -0.3 is 4.74 Å². The summed E-state index contributed by atoms with van der Waals surface area (Å²) < 4.78 is 5.50. The number of rotatable bonds is 7. The minimum atomic E-state index is 0. The molecule has 0 saturated heterocycles. The first-order chi connectivity index (χ1) is 6.93. The molecule has 0 atom stereocenters. The van der Waals surface area contributed by atoms with Crippen LogP contribution in [-0.2, 0) is 11.3 Å². The van der Waals surface area contributed by atoms with Crippen LogP contribution in [0.3, 0.4) is 0 Å². The number of unbranched alkanes of at least 4 members (excludes halogenated alkanes) is 1. The van der Waals surface area contributed by atoms with Crippen molar-refractivity contribution in [3.63, 3.8) is 0 Å². The van der Waals surface area contributed by atoms with Crippen molar-refractivity contribution in [2.75, 3.05) is 13.2 Å². The summed E-state index contributed by atoms with van der Waals surface area (Å²) >= 11 is 0. The van der Waals surface area contributed by atoms with Crippen molar-refractivity contribution in [2.45, 2.75) is 19.4 Å². The summed E-state index contributed by atoms with van der Waals surface area (Å²) in [5.74, 6) is 5.14. The van der Waals surface area contributed by atoms with Gasteiger partial charge in [0.05, 0.1) is 6.61 Å². The summed E-state index contributed by atoms with van der Waals surface area (Å²) in [5, 5.41) is 0. The molecule has 0 spiro atoms. The molecule has 0 fully saturated rings. The molecule has 0 bridgehead atoms. The zero-order valence-electron chi connectivity index (χ0n) is 8.82. The Morgan fingerprint density at radius 3 is 2.53 bits per heavy atom. The third-order valence-corrected chi connectivity index (χ3v) is 1.97. The Labute approximate surface area is 97.4 Å². The first-order valence-electron chi connectivity index (χ1n) is 4.98. The molecule has 0 radical (unpaired) electrons. The van der Waals surface area contributed by atoms with Crippen LogP contribution in [0.4, 0.5) is 0 Å². The van der Waals surface area contributed by atoms with Crippen molar-refractivity contribution >= 4 is 12.4 Å². The minimum absolute atomic E-state index is 0. The third kappa shape index (κ3) is 7.33. The van der Waals surface area contributed by atoms with E-state index in [1.807, 2.05) is 18.2 Å². The van der Waals surface area contributed by atoms with Gasteiger partial charge in [-0.1, -0.05) is 30.3 Å². The van der Waals surface area contributed by atoms with Crippen molar-refractivity contribution in [3.05, 3.63) is 35.9 Å². The van der Waals surface area contributed by atoms with E-state index >= 15 is 0 Å². The maximum Gasteiger partial charge on any atom is 0.0716 e. The largest absolute Gasteiger partial charge is 0.377 e. The van der Waals surface area contributed by atoms with Crippen molar-refractivity contribution in [1.82, 2.24) is 5.43 Å². The van der Waals surface area contributed by atoms with E-state index in [1.54, 1.807) is 0 Å². The lowest BCUT2D eigenvalue weighted by Gasteiger charge is -2.03. The topological polar surface area (TPSA) is 47.3 Å². The van der Waals surface area contributed by atoms with Gasteiger partial charge in [0.1, 0.15) is 0 Å². The zero-order chi connectivity index (χ0) is 10.1. The molecule has 4 heteroatoms. The molecule has 0 amide bonds. The van der Waals surface area contributed by atoms with Crippen molar-refractivity contribution in [2.24, 2.45) is 5.84 Å². The average molecular weight is 231 g/mol. The second-order valence-corrected chi connectivity index (χ2v) is 3.20. The van der Waals surface area contributed by atoms with Gasteiger partial charge in [0.2, 0.25) is 0 Å². The Hall–Kier alpha value is -0.610. The lowest BCUT2D eigenvalue weighted by molar-refractivity contribution is 0.117. The van der Waals surface area contributed by atoms with E-state index in [-0.39, 0.29) is 12.4 Å². The number of hydrogen-bond donors (Lipinski definition) is 2. The summed E-state index contributed by atoms with van der Waals surface area (Å²) in [4.78, 5) is 0. The lowest BCUT2D eigenvalue weighted by Crippen LogP contribution is -2.23. The number of hydrazine groups is 1. The monoisotopic (exact) mass is 230 g/mol. The highest BCUT2D eigenvalue weighted by Gasteiger charge is 1.91. The average Bonchev–Trinajstić information content (AvgIpc) is 2.25. The summed E-state index contributed by atoms with van der Waals surface area (Å²) in [6, 6.07) is 10.2. The molecule has 1 rings (SSSR count). The Bertz CT molecular complexity index is 231. The Morgan fingerprint density at radius 2 is 1.87 bits per heavy atom. The number of nitrogens with two attached hydrogens (primary N) is 1. The van der Waals surface area contributed by atoms with Gasteiger partial charge in [-0.25, -0.2) is 0 Å². The molecular weight excluding hydrogens is 212 g/mol. The van der Waals surface area contributed by atoms with Crippen LogP contribution >= 0.6 is 12.4 Å². The van der Waals surface area contributed by atoms with E-state index in [9.17, 15) is 0 Å². The molecule has 0 aliphatic carbocycles. The molecular formula is C11H19ClN2O. The highest BCUT2D eigenvalue weighted by molar-refractivity contribution is 5.85. The SMILES string of the molecule is Cl.NNCCCCOCc1ccccc1. The Morgan fingerprint density at radius 1 is 1.13 bits per heavy atom. The molecule has 1 aromatic rings. The first-order valence-corrected chi connectivity index (χ1v) is 4.98. The zero-order valence-corrected chi connectivity index (χ0v) is 9.63. The molecule has 3 N–H and O–H groups in total. The van der Waals surface area contributed by atoms with Gasteiger partial charge in [0.25, 0.3) is 0 Å². The van der Waals surface area contributed by atoms with E-state index in [0.717, 1.165) is 26.0 Å². The van der Waals surface area contributed by atoms with Crippen molar-refractivity contribution in [3.8, 4) is 0 Å². The Balaban J connectivity index is 0.00000196. The smallest absolute Gasteiger partial charge is 0.0716 e. The first kappa shape index (κ1) is 14.4. The molecule has 0 aliphatic rings. The summed E-state index contributed by atoms with van der Waals surface area (Å²) in [6.07, 6.45) is 2.11. The van der Waals surface area contributed by atoms with Crippen molar-refractivity contribution < 1.29 is 4.74 Å². The number of halogens is 1. The number of ether oxygens (including phenoxy) is 1. The van der Waals surface area contributed by atoms with Crippen LogP contribution in [0.15, 0.2) is 30.3 Å². The molecule has 0 saturated carbocycles. The van der Waals surface area contributed by atoms with Gasteiger partial charge in [0.15, 0.2) is 0 Å². The van der Waals surface area contributed by atoms with Crippen LogP contribution in [0, 0.1) is 0 Å². The fourth-order valence-electron chi connectivity index (χ4n) is 1.20. The van der Waals surface area contributed by atoms with Gasteiger partial charge in [-0.15, -0.1) is 12.4 Å². The summed E-state index contributed by atoms with van der Waals surface area (Å²) in [5.41, 5.74) is 3.85. The minimum Gasteiger partial charge on any atom is -0.377 e. The second-order valence-electron chi connectivity index (χ2n) is 3.20. The normalized spacial score (nSPS) is 9.67. The third-order valence-electron chi connectivity index (χ3n) is 1.97. The fraction of sp³-hybridized carbons (Fsp3) is 0.455. The van der Waals surface area contributed by atoms with Crippen LogP contribution < -0.4 is 11.3 Å². The molecule has 15 heavy (non-hydrogen) atoms. The van der Waals surface area contributed by atoms with Crippen LogP contribution in [0.25, 0.3) is 0 Å². The quantitative estimate of drug-likeness (QED) is 0.427. The summed E-state index contributed by atoms with van der Waals surface area (Å²) in [7, 11) is 0. The van der Waals surface area contributed by atoms with Gasteiger partial charge in [0, 0.05) is 13.2 Å². The Kier molecular flexibility index (Phi) is 9.52. The predicted octanol–water partition coefficient (Wildman–Crippen LogP) is 1.87. The van der Waals surface area contributed by atoms with E-state index in [2.05, 4.69) is 17.6 Å². The summed E-state index contributed by atoms with van der Waals surface area (Å²) in [6.45, 7) is 2.36. The van der Waals surface area contributed by atoms with Gasteiger partial charge in [-0.3, -0.25) is 11.3 Å². The highest BCUT2D eigenvalue weighted by Crippen LogP contribution is 2.01. The standard InChI is InChI=1S/C11H18N2O.ClH/c12-13-8-4-5-9-14-10-11-6-2-1-3-7-11;/h1-3,6-7,13H,4-5,8-10,12H2;1H. The van der Waals surface area contributed by atoms with Crippen molar-refractivity contribution in [1.29, 1.82) is 0 Å². The van der Waals surface area contributed by atoms with Crippen LogP contribution in [0.1, 0.15) is 18.4 Å². The van der Waals surface area contributed by atoms with Crippen LogP contribution in [0.2, 0.25) is 0 Å². The highest BCUT2D eigenvalue weighted by atomic mass is 35.5.